The molecule has 0 radical (unpaired) electrons. The molecular formula is C15H16BrN3S. The molecule has 0 atom stereocenters. The van der Waals surface area contributed by atoms with Gasteiger partial charge in [-0.1, -0.05) is 28.1 Å². The minimum Gasteiger partial charge on any atom is -0.363 e. The van der Waals surface area contributed by atoms with Gasteiger partial charge in [-0.05, 0) is 31.4 Å². The monoisotopic (exact) mass is 349 g/mol. The highest BCUT2D eigenvalue weighted by Gasteiger charge is 2.07. The van der Waals surface area contributed by atoms with E-state index in [0.717, 1.165) is 34.0 Å². The molecule has 0 unspecified atom stereocenters. The third-order valence-corrected chi connectivity index (χ3v) is 4.58. The Morgan fingerprint density at radius 1 is 1.25 bits per heavy atom. The summed E-state index contributed by atoms with van der Waals surface area (Å²) in [4.78, 5) is 11.4. The van der Waals surface area contributed by atoms with E-state index in [1.54, 1.807) is 11.3 Å². The number of benzene rings is 1. The Hall–Kier alpha value is -1.20. The zero-order valence-corrected chi connectivity index (χ0v) is 13.5. The third-order valence-electron chi connectivity index (χ3n) is 3.33. The molecule has 3 rings (SSSR count). The molecule has 1 aliphatic heterocycles. The molecule has 1 fully saturated rings. The molecule has 0 N–H and O–H groups in total. The van der Waals surface area contributed by atoms with Gasteiger partial charge >= 0.3 is 0 Å². The predicted octanol–water partition coefficient (Wildman–Crippen LogP) is 4.72. The Balaban J connectivity index is 1.71. The summed E-state index contributed by atoms with van der Waals surface area (Å²) in [6.45, 7) is 2.24. The van der Waals surface area contributed by atoms with Crippen molar-refractivity contribution in [2.75, 3.05) is 13.1 Å². The van der Waals surface area contributed by atoms with Crippen molar-refractivity contribution in [1.29, 1.82) is 0 Å². The molecule has 1 aliphatic rings. The van der Waals surface area contributed by atoms with Crippen LogP contribution in [0.3, 0.4) is 0 Å². The average molecular weight is 350 g/mol. The van der Waals surface area contributed by atoms with E-state index in [0.29, 0.717) is 0 Å². The van der Waals surface area contributed by atoms with Crippen LogP contribution in [-0.4, -0.2) is 29.3 Å². The molecule has 104 valence electrons. The number of aromatic nitrogens is 1. The summed E-state index contributed by atoms with van der Waals surface area (Å²) >= 11 is 5.08. The Kier molecular flexibility index (Phi) is 4.47. The fourth-order valence-corrected chi connectivity index (χ4v) is 3.33. The average Bonchev–Trinajstić information content (AvgIpc) is 2.95. The first-order valence-corrected chi connectivity index (χ1v) is 8.48. The van der Waals surface area contributed by atoms with Gasteiger partial charge in [0.1, 0.15) is 0 Å². The largest absolute Gasteiger partial charge is 0.363 e. The van der Waals surface area contributed by atoms with Crippen LogP contribution in [0, 0.1) is 0 Å². The molecule has 0 saturated carbocycles. The van der Waals surface area contributed by atoms with E-state index < -0.39 is 0 Å². The molecule has 0 spiro atoms. The lowest BCUT2D eigenvalue weighted by atomic mass is 10.1. The van der Waals surface area contributed by atoms with Gasteiger partial charge in [-0.2, -0.15) is 0 Å². The Bertz CT molecular complexity index is 603. The molecule has 2 heterocycles. The predicted molar refractivity (Wildman–Crippen MR) is 88.8 cm³/mol. The molecule has 1 aromatic heterocycles. The van der Waals surface area contributed by atoms with Crippen LogP contribution in [0.15, 0.2) is 39.1 Å². The van der Waals surface area contributed by atoms with Crippen LogP contribution < -0.4 is 0 Å². The second kappa shape index (κ2) is 6.50. The lowest BCUT2D eigenvalue weighted by Gasteiger charge is -2.23. The number of aliphatic imine (C=N–C) groups is 1. The van der Waals surface area contributed by atoms with Gasteiger partial charge in [0.25, 0.3) is 0 Å². The van der Waals surface area contributed by atoms with E-state index in [9.17, 15) is 0 Å². The van der Waals surface area contributed by atoms with Gasteiger partial charge in [-0.15, -0.1) is 11.3 Å². The molecule has 5 heteroatoms. The van der Waals surface area contributed by atoms with Crippen LogP contribution in [0.4, 0.5) is 5.13 Å². The summed E-state index contributed by atoms with van der Waals surface area (Å²) in [6, 6.07) is 8.19. The van der Waals surface area contributed by atoms with Crippen LogP contribution >= 0.6 is 27.3 Å². The standard InChI is InChI=1S/C15H16BrN3S/c16-13-6-4-5-12(9-13)14-10-20-15(18-14)17-11-19-7-2-1-3-8-19/h4-6,9-11H,1-3,7-8H2. The molecule has 1 aromatic carbocycles. The third kappa shape index (κ3) is 3.46. The number of likely N-dealkylation sites (tertiary alicyclic amines) is 1. The van der Waals surface area contributed by atoms with Crippen molar-refractivity contribution < 1.29 is 0 Å². The van der Waals surface area contributed by atoms with E-state index in [-0.39, 0.29) is 0 Å². The Labute approximate surface area is 131 Å². The van der Waals surface area contributed by atoms with Crippen molar-refractivity contribution in [3.8, 4) is 11.3 Å². The lowest BCUT2D eigenvalue weighted by Crippen LogP contribution is -2.27. The summed E-state index contributed by atoms with van der Waals surface area (Å²) in [5.74, 6) is 0. The minimum absolute atomic E-state index is 0.825. The second-order valence-electron chi connectivity index (χ2n) is 4.87. The lowest BCUT2D eigenvalue weighted by molar-refractivity contribution is 0.351. The molecule has 3 nitrogen and oxygen atoms in total. The number of rotatable bonds is 3. The minimum atomic E-state index is 0.825. The highest BCUT2D eigenvalue weighted by atomic mass is 79.9. The van der Waals surface area contributed by atoms with Gasteiger partial charge in [-0.3, -0.25) is 0 Å². The fourth-order valence-electron chi connectivity index (χ4n) is 2.27. The number of piperidine rings is 1. The summed E-state index contributed by atoms with van der Waals surface area (Å²) in [5, 5.41) is 2.88. The van der Waals surface area contributed by atoms with Crippen molar-refractivity contribution in [3.63, 3.8) is 0 Å². The van der Waals surface area contributed by atoms with E-state index in [4.69, 9.17) is 0 Å². The first-order valence-electron chi connectivity index (χ1n) is 6.81. The van der Waals surface area contributed by atoms with E-state index >= 15 is 0 Å². The van der Waals surface area contributed by atoms with Crippen LogP contribution in [0.1, 0.15) is 19.3 Å². The van der Waals surface area contributed by atoms with Crippen LogP contribution in [0.25, 0.3) is 11.3 Å². The highest BCUT2D eigenvalue weighted by molar-refractivity contribution is 9.10. The number of thiazole rings is 1. The molecule has 20 heavy (non-hydrogen) atoms. The van der Waals surface area contributed by atoms with E-state index in [2.05, 4.69) is 48.3 Å². The van der Waals surface area contributed by atoms with Crippen molar-refractivity contribution in [2.24, 2.45) is 4.99 Å². The summed E-state index contributed by atoms with van der Waals surface area (Å²) in [7, 11) is 0. The Morgan fingerprint density at radius 3 is 2.90 bits per heavy atom. The quantitative estimate of drug-likeness (QED) is 0.592. The molecule has 0 amide bonds. The van der Waals surface area contributed by atoms with Crippen molar-refractivity contribution in [1.82, 2.24) is 9.88 Å². The van der Waals surface area contributed by atoms with Gasteiger partial charge in [0.05, 0.1) is 12.0 Å². The zero-order chi connectivity index (χ0) is 13.8. The maximum absolute atomic E-state index is 4.58. The number of hydrogen-bond acceptors (Lipinski definition) is 3. The van der Waals surface area contributed by atoms with Crippen LogP contribution in [0.2, 0.25) is 0 Å². The second-order valence-corrected chi connectivity index (χ2v) is 6.62. The summed E-state index contributed by atoms with van der Waals surface area (Å²) < 4.78 is 1.07. The van der Waals surface area contributed by atoms with E-state index in [1.165, 1.54) is 19.3 Å². The number of hydrogen-bond donors (Lipinski definition) is 0. The van der Waals surface area contributed by atoms with Crippen molar-refractivity contribution in [2.45, 2.75) is 19.3 Å². The molecule has 1 saturated heterocycles. The van der Waals surface area contributed by atoms with Gasteiger partial charge < -0.3 is 4.90 Å². The van der Waals surface area contributed by atoms with Crippen LogP contribution in [-0.2, 0) is 0 Å². The van der Waals surface area contributed by atoms with Crippen molar-refractivity contribution >= 4 is 38.7 Å². The van der Waals surface area contributed by atoms with Gasteiger partial charge in [0, 0.05) is 28.5 Å². The summed E-state index contributed by atoms with van der Waals surface area (Å²) in [5.41, 5.74) is 2.11. The number of halogens is 1. The van der Waals surface area contributed by atoms with E-state index in [1.807, 2.05) is 18.5 Å². The number of nitrogens with zero attached hydrogens (tertiary/aromatic N) is 3. The maximum Gasteiger partial charge on any atom is 0.211 e. The van der Waals surface area contributed by atoms with Gasteiger partial charge in [0.15, 0.2) is 0 Å². The van der Waals surface area contributed by atoms with Gasteiger partial charge in [0.2, 0.25) is 5.13 Å². The molecule has 0 bridgehead atoms. The zero-order valence-electron chi connectivity index (χ0n) is 11.1. The fraction of sp³-hybridized carbons (Fsp3) is 0.333. The van der Waals surface area contributed by atoms with Crippen molar-refractivity contribution in [3.05, 3.63) is 34.1 Å². The van der Waals surface area contributed by atoms with Gasteiger partial charge in [-0.25, -0.2) is 9.98 Å². The highest BCUT2D eigenvalue weighted by Crippen LogP contribution is 2.28. The first kappa shape index (κ1) is 13.8. The summed E-state index contributed by atoms with van der Waals surface area (Å²) in [6.07, 6.45) is 5.83. The Morgan fingerprint density at radius 2 is 2.10 bits per heavy atom. The smallest absolute Gasteiger partial charge is 0.211 e. The van der Waals surface area contributed by atoms with Crippen LogP contribution in [0.5, 0.6) is 0 Å². The first-order chi connectivity index (χ1) is 9.81. The molecule has 2 aromatic rings. The SMILES string of the molecule is Brc1cccc(-c2csc(N=CN3CCCCC3)n2)c1. The maximum atomic E-state index is 4.58. The topological polar surface area (TPSA) is 28.5 Å². The molecule has 0 aliphatic carbocycles. The molecular weight excluding hydrogens is 334 g/mol. The normalized spacial score (nSPS) is 15.9.